The summed E-state index contributed by atoms with van der Waals surface area (Å²) in [5.74, 6) is 0. The van der Waals surface area contributed by atoms with E-state index in [4.69, 9.17) is 0 Å². The normalized spacial score (nSPS) is 12.3. The molecule has 260 valence electrons. The largest absolute Gasteiger partial charge is 0.308 e. The Morgan fingerprint density at radius 1 is 0.339 bits per heavy atom. The molecule has 0 unspecified atom stereocenters. The van der Waals surface area contributed by atoms with Gasteiger partial charge in [0.25, 0.3) is 0 Å². The fourth-order valence-corrected chi connectivity index (χ4v) is 10.8. The van der Waals surface area contributed by atoms with Crippen molar-refractivity contribution in [2.24, 2.45) is 0 Å². The third-order valence-electron chi connectivity index (χ3n) is 12.0. The van der Waals surface area contributed by atoms with Gasteiger partial charge in [0.1, 0.15) is 0 Å². The Morgan fingerprint density at radius 2 is 0.946 bits per heavy atom. The molecule has 0 spiro atoms. The summed E-state index contributed by atoms with van der Waals surface area (Å²) in [4.78, 5) is 2.53. The van der Waals surface area contributed by atoms with Crippen molar-refractivity contribution in [1.29, 1.82) is 0 Å². The van der Waals surface area contributed by atoms with Crippen LogP contribution < -0.4 is 4.90 Å². The molecule has 4 aromatic heterocycles. The lowest BCUT2D eigenvalue weighted by atomic mass is 9.96. The van der Waals surface area contributed by atoms with Crippen molar-refractivity contribution >= 4 is 114 Å². The van der Waals surface area contributed by atoms with Gasteiger partial charge in [0, 0.05) is 52.8 Å². The van der Waals surface area contributed by atoms with E-state index < -0.39 is 0 Å². The van der Waals surface area contributed by atoms with Crippen molar-refractivity contribution in [3.05, 3.63) is 188 Å². The predicted molar refractivity (Wildman–Crippen MR) is 240 cm³/mol. The van der Waals surface area contributed by atoms with E-state index in [2.05, 4.69) is 202 Å². The number of anilines is 3. The zero-order valence-electron chi connectivity index (χ0n) is 30.1. The monoisotopic (exact) mass is 729 g/mol. The first-order valence-corrected chi connectivity index (χ1v) is 20.0. The first kappa shape index (κ1) is 30.2. The molecule has 4 heteroatoms. The van der Waals surface area contributed by atoms with Crippen LogP contribution in [0.15, 0.2) is 188 Å². The maximum Gasteiger partial charge on any atom is 0.0947 e. The number of aromatic nitrogens is 2. The van der Waals surface area contributed by atoms with Crippen LogP contribution in [0.4, 0.5) is 17.1 Å². The van der Waals surface area contributed by atoms with Crippen LogP contribution in [0.25, 0.3) is 96.7 Å². The molecular weight excluding hydrogens is 699 g/mol. The zero-order chi connectivity index (χ0) is 36.5. The van der Waals surface area contributed by atoms with E-state index in [9.17, 15) is 0 Å². The topological polar surface area (TPSA) is 12.1 Å². The van der Waals surface area contributed by atoms with Gasteiger partial charge in [-0.2, -0.15) is 0 Å². The molecule has 0 N–H and O–H groups in total. The van der Waals surface area contributed by atoms with Gasteiger partial charge in [-0.25, -0.2) is 0 Å². The summed E-state index contributed by atoms with van der Waals surface area (Å²) in [7, 11) is 0. The van der Waals surface area contributed by atoms with Crippen LogP contribution in [-0.4, -0.2) is 8.80 Å². The summed E-state index contributed by atoms with van der Waals surface area (Å²) < 4.78 is 7.68. The fourth-order valence-electron chi connectivity index (χ4n) is 9.70. The minimum atomic E-state index is 1.13. The summed E-state index contributed by atoms with van der Waals surface area (Å²) in [6.07, 6.45) is 0. The number of benzene rings is 9. The molecule has 56 heavy (non-hydrogen) atoms. The number of rotatable bonds is 4. The molecule has 0 radical (unpaired) electrons. The lowest BCUT2D eigenvalue weighted by molar-refractivity contribution is 1.23. The highest BCUT2D eigenvalue weighted by atomic mass is 32.1. The Balaban J connectivity index is 1.23. The van der Waals surface area contributed by atoms with E-state index in [1.807, 2.05) is 11.3 Å². The Hall–Kier alpha value is -7.14. The average Bonchev–Trinajstić information content (AvgIpc) is 3.92. The van der Waals surface area contributed by atoms with E-state index in [1.165, 1.54) is 96.7 Å². The molecule has 0 bridgehead atoms. The van der Waals surface area contributed by atoms with Crippen molar-refractivity contribution in [2.45, 2.75) is 0 Å². The molecule has 0 amide bonds. The second-order valence-electron chi connectivity index (χ2n) is 14.9. The van der Waals surface area contributed by atoms with Crippen molar-refractivity contribution in [3.8, 4) is 11.1 Å². The highest BCUT2D eigenvalue weighted by Crippen LogP contribution is 2.49. The van der Waals surface area contributed by atoms with Gasteiger partial charge < -0.3 is 13.7 Å². The highest BCUT2D eigenvalue weighted by Gasteiger charge is 2.26. The quantitative estimate of drug-likeness (QED) is 0.164. The third kappa shape index (κ3) is 3.95. The Labute approximate surface area is 325 Å². The van der Waals surface area contributed by atoms with Gasteiger partial charge in [-0.05, 0) is 71.1 Å². The molecule has 13 rings (SSSR count). The van der Waals surface area contributed by atoms with E-state index in [-0.39, 0.29) is 0 Å². The standard InChI is InChI=1S/C52H31N3S/c1-2-13-32(14-3-1)34-28-29-45(36-16-5-4-15-35(34)36)53(33-25-30-49-42(31-33)39-19-8-11-24-48(39)56-49)46-22-12-23-47-52(46)55-44-21-10-7-18-38(44)41-27-26-40-37-17-6-9-20-43(37)54(47)50(40)51(41)55/h1-31H. The molecule has 0 aliphatic carbocycles. The molecule has 0 saturated heterocycles. The molecule has 0 fully saturated rings. The first-order valence-electron chi connectivity index (χ1n) is 19.2. The molecule has 4 heterocycles. The van der Waals surface area contributed by atoms with E-state index >= 15 is 0 Å². The second-order valence-corrected chi connectivity index (χ2v) is 15.9. The summed E-state index contributed by atoms with van der Waals surface area (Å²) in [6, 6.07) is 69.5. The van der Waals surface area contributed by atoms with Gasteiger partial charge in [-0.3, -0.25) is 0 Å². The Bertz CT molecular complexity index is 3720. The fraction of sp³-hybridized carbons (Fsp3) is 0. The maximum atomic E-state index is 2.56. The van der Waals surface area contributed by atoms with Crippen LogP contribution in [0.2, 0.25) is 0 Å². The number of para-hydroxylation sites is 3. The summed E-state index contributed by atoms with van der Waals surface area (Å²) in [5, 5.41) is 10.1. The predicted octanol–water partition coefficient (Wildman–Crippen LogP) is 14.9. The van der Waals surface area contributed by atoms with Crippen LogP contribution in [-0.2, 0) is 0 Å². The van der Waals surface area contributed by atoms with E-state index in [0.29, 0.717) is 0 Å². The van der Waals surface area contributed by atoms with Crippen molar-refractivity contribution in [2.75, 3.05) is 4.90 Å². The van der Waals surface area contributed by atoms with Gasteiger partial charge in [-0.1, -0.05) is 133 Å². The third-order valence-corrected chi connectivity index (χ3v) is 13.2. The number of fused-ring (bicyclic) bond motifs is 13. The Morgan fingerprint density at radius 3 is 1.73 bits per heavy atom. The lowest BCUT2D eigenvalue weighted by Gasteiger charge is -2.29. The summed E-state index contributed by atoms with van der Waals surface area (Å²) in [6.45, 7) is 0. The molecule has 0 aliphatic heterocycles. The van der Waals surface area contributed by atoms with Crippen LogP contribution in [0.1, 0.15) is 0 Å². The zero-order valence-corrected chi connectivity index (χ0v) is 31.0. The minimum absolute atomic E-state index is 1.13. The number of thiophene rings is 1. The first-order chi connectivity index (χ1) is 27.8. The smallest absolute Gasteiger partial charge is 0.0947 e. The summed E-state index contributed by atoms with van der Waals surface area (Å²) >= 11 is 1.86. The van der Waals surface area contributed by atoms with Crippen LogP contribution in [0.5, 0.6) is 0 Å². The maximum absolute atomic E-state index is 2.56. The van der Waals surface area contributed by atoms with Crippen molar-refractivity contribution in [3.63, 3.8) is 0 Å². The van der Waals surface area contributed by atoms with Gasteiger partial charge >= 0.3 is 0 Å². The minimum Gasteiger partial charge on any atom is -0.308 e. The molecule has 0 saturated carbocycles. The van der Waals surface area contributed by atoms with E-state index in [1.54, 1.807) is 0 Å². The SMILES string of the molecule is c1ccc(-c2ccc(N(c3ccc4sc5ccccc5c4c3)c3cccc4c3n3c5ccccc5c5ccc6c7ccccc7n4c6c53)c3ccccc23)cc1. The van der Waals surface area contributed by atoms with Gasteiger partial charge in [-0.15, -0.1) is 11.3 Å². The molecule has 0 atom stereocenters. The average molecular weight is 730 g/mol. The highest BCUT2D eigenvalue weighted by molar-refractivity contribution is 7.25. The molecule has 13 aromatic rings. The lowest BCUT2D eigenvalue weighted by Crippen LogP contribution is -2.13. The van der Waals surface area contributed by atoms with E-state index in [0.717, 1.165) is 17.1 Å². The Kier molecular flexibility index (Phi) is 6.04. The molecule has 0 aliphatic rings. The number of nitrogens with zero attached hydrogens (tertiary/aromatic N) is 3. The molecular formula is C52H31N3S. The number of hydrogen-bond donors (Lipinski definition) is 0. The van der Waals surface area contributed by atoms with Crippen molar-refractivity contribution < 1.29 is 0 Å². The van der Waals surface area contributed by atoms with Crippen LogP contribution in [0.3, 0.4) is 0 Å². The van der Waals surface area contributed by atoms with Crippen LogP contribution >= 0.6 is 11.3 Å². The number of hydrogen-bond acceptors (Lipinski definition) is 2. The van der Waals surface area contributed by atoms with Gasteiger partial charge in [0.15, 0.2) is 0 Å². The van der Waals surface area contributed by atoms with Crippen LogP contribution in [0, 0.1) is 0 Å². The van der Waals surface area contributed by atoms with Gasteiger partial charge in [0.05, 0.1) is 44.5 Å². The molecule has 3 nitrogen and oxygen atoms in total. The van der Waals surface area contributed by atoms with Gasteiger partial charge in [0.2, 0.25) is 0 Å². The molecule has 9 aromatic carbocycles. The van der Waals surface area contributed by atoms with Crippen molar-refractivity contribution in [1.82, 2.24) is 8.80 Å². The summed E-state index contributed by atoms with van der Waals surface area (Å²) in [5.41, 5.74) is 13.1. The second kappa shape index (κ2) is 11.2.